The van der Waals surface area contributed by atoms with Crippen molar-refractivity contribution in [2.75, 3.05) is 38.5 Å². The molecule has 142 valence electrons. The molecule has 7 heteroatoms. The summed E-state index contributed by atoms with van der Waals surface area (Å²) in [7, 11) is 0. The number of rotatable bonds is 8. The summed E-state index contributed by atoms with van der Waals surface area (Å²) in [5, 5.41) is 17.8. The van der Waals surface area contributed by atoms with Gasteiger partial charge in [-0.15, -0.1) is 24.0 Å². The lowest BCUT2D eigenvalue weighted by Crippen LogP contribution is -2.53. The van der Waals surface area contributed by atoms with Gasteiger partial charge in [0.05, 0.1) is 12.1 Å². The van der Waals surface area contributed by atoms with Crippen LogP contribution in [0.15, 0.2) is 4.99 Å². The minimum Gasteiger partial charge on any atom is -0.387 e. The highest BCUT2D eigenvalue weighted by molar-refractivity contribution is 14.0. The number of likely N-dealkylation sites (N-methyl/N-ethyl adjacent to an activating group) is 1. The molecule has 1 saturated carbocycles. The van der Waals surface area contributed by atoms with Crippen molar-refractivity contribution in [3.63, 3.8) is 0 Å². The Labute approximate surface area is 168 Å². The molecule has 0 amide bonds. The van der Waals surface area contributed by atoms with Crippen molar-refractivity contribution in [1.29, 1.82) is 0 Å². The van der Waals surface area contributed by atoms with E-state index in [1.54, 1.807) is 0 Å². The molecular formula is C17H35IN4OS. The van der Waals surface area contributed by atoms with Gasteiger partial charge in [0.1, 0.15) is 0 Å². The number of nitrogens with one attached hydrogen (secondary N) is 2. The Bertz CT molecular complexity index is 399. The lowest BCUT2D eigenvalue weighted by molar-refractivity contribution is -0.0154. The molecule has 3 unspecified atom stereocenters. The van der Waals surface area contributed by atoms with Crippen molar-refractivity contribution in [3.05, 3.63) is 0 Å². The molecule has 0 bridgehead atoms. The van der Waals surface area contributed by atoms with Gasteiger partial charge >= 0.3 is 0 Å². The molecule has 0 aromatic carbocycles. The van der Waals surface area contributed by atoms with E-state index in [1.807, 2.05) is 11.8 Å². The van der Waals surface area contributed by atoms with Crippen LogP contribution in [0.4, 0.5) is 0 Å². The molecule has 2 rings (SSSR count). The number of halogens is 1. The molecule has 1 saturated heterocycles. The van der Waals surface area contributed by atoms with E-state index < -0.39 is 5.60 Å². The maximum Gasteiger partial charge on any atom is 0.191 e. The Morgan fingerprint density at radius 3 is 2.67 bits per heavy atom. The second kappa shape index (κ2) is 11.1. The van der Waals surface area contributed by atoms with Gasteiger partial charge in [-0.25, -0.2) is 0 Å². The first kappa shape index (κ1) is 22.3. The monoisotopic (exact) mass is 470 g/mol. The predicted octanol–water partition coefficient (Wildman–Crippen LogP) is 2.29. The number of guanidine groups is 1. The van der Waals surface area contributed by atoms with Crippen molar-refractivity contribution in [3.8, 4) is 0 Å². The third kappa shape index (κ3) is 5.92. The topological polar surface area (TPSA) is 59.9 Å². The molecule has 1 aliphatic heterocycles. The van der Waals surface area contributed by atoms with E-state index in [-0.39, 0.29) is 24.0 Å². The van der Waals surface area contributed by atoms with Crippen LogP contribution in [0.1, 0.15) is 46.5 Å². The van der Waals surface area contributed by atoms with Crippen LogP contribution < -0.4 is 10.6 Å². The van der Waals surface area contributed by atoms with Crippen LogP contribution in [0, 0.1) is 0 Å². The summed E-state index contributed by atoms with van der Waals surface area (Å²) < 4.78 is 0. The summed E-state index contributed by atoms with van der Waals surface area (Å²) in [5.74, 6) is 1.90. The molecule has 2 fully saturated rings. The third-order valence-corrected chi connectivity index (χ3v) is 6.48. The van der Waals surface area contributed by atoms with Gasteiger partial charge in [0.2, 0.25) is 0 Å². The van der Waals surface area contributed by atoms with E-state index in [1.165, 1.54) is 19.4 Å². The summed E-state index contributed by atoms with van der Waals surface area (Å²) in [6.07, 6.45) is 4.55. The zero-order valence-corrected chi connectivity index (χ0v) is 18.5. The van der Waals surface area contributed by atoms with E-state index in [2.05, 4.69) is 41.3 Å². The summed E-state index contributed by atoms with van der Waals surface area (Å²) in [5.41, 5.74) is -0.605. The molecule has 24 heavy (non-hydrogen) atoms. The van der Waals surface area contributed by atoms with Gasteiger partial charge in [-0.05, 0) is 51.4 Å². The second-order valence-electron chi connectivity index (χ2n) is 6.59. The van der Waals surface area contributed by atoms with E-state index >= 15 is 0 Å². The lowest BCUT2D eigenvalue weighted by Gasteiger charge is -2.44. The third-order valence-electron chi connectivity index (χ3n) is 5.07. The number of aliphatic imine (C=N–C) groups is 1. The summed E-state index contributed by atoms with van der Waals surface area (Å²) >= 11 is 1.86. The normalized spacial score (nSPS) is 30.6. The predicted molar refractivity (Wildman–Crippen MR) is 116 cm³/mol. The Hall–Kier alpha value is 0.270. The molecule has 3 atom stereocenters. The fourth-order valence-electron chi connectivity index (χ4n) is 3.53. The first-order valence-corrected chi connectivity index (χ1v) is 10.3. The minimum atomic E-state index is -0.605. The van der Waals surface area contributed by atoms with Gasteiger partial charge in [-0.2, -0.15) is 11.8 Å². The summed E-state index contributed by atoms with van der Waals surface area (Å²) in [4.78, 5) is 7.20. The fraction of sp³-hybridized carbons (Fsp3) is 0.941. The minimum absolute atomic E-state index is 0. The lowest BCUT2D eigenvalue weighted by atomic mass is 9.79. The highest BCUT2D eigenvalue weighted by Crippen LogP contribution is 2.41. The van der Waals surface area contributed by atoms with Gasteiger partial charge in [0.15, 0.2) is 5.96 Å². The van der Waals surface area contributed by atoms with Crippen molar-refractivity contribution in [2.45, 2.75) is 63.3 Å². The molecular weight excluding hydrogens is 435 g/mol. The molecule has 2 aliphatic rings. The molecule has 5 nitrogen and oxygen atoms in total. The van der Waals surface area contributed by atoms with Crippen LogP contribution in [-0.4, -0.2) is 71.3 Å². The standard InChI is InChI=1S/C17H34N4OS.HI/c1-4-18-16(19-12-14-8-7-11-21(14)5-2)20-13-17(22)10-9-15(17)23-6-3;/h14-15,22H,4-13H2,1-3H3,(H2,18,19,20);1H. The second-order valence-corrected chi connectivity index (χ2v) is 8.07. The molecule has 0 aromatic rings. The van der Waals surface area contributed by atoms with Gasteiger partial charge in [0, 0.05) is 24.4 Å². The molecule has 3 N–H and O–H groups in total. The molecule has 1 aliphatic carbocycles. The van der Waals surface area contributed by atoms with E-state index in [0.717, 1.165) is 44.2 Å². The number of hydrogen-bond donors (Lipinski definition) is 3. The van der Waals surface area contributed by atoms with Gasteiger partial charge in [-0.3, -0.25) is 9.89 Å². The number of likely N-dealkylation sites (tertiary alicyclic amines) is 1. The number of nitrogens with zero attached hydrogens (tertiary/aromatic N) is 2. The Balaban J connectivity index is 0.00000288. The van der Waals surface area contributed by atoms with Crippen molar-refractivity contribution < 1.29 is 5.11 Å². The average molecular weight is 470 g/mol. The Morgan fingerprint density at radius 1 is 1.29 bits per heavy atom. The average Bonchev–Trinajstić information content (AvgIpc) is 3.01. The Morgan fingerprint density at radius 2 is 2.08 bits per heavy atom. The van der Waals surface area contributed by atoms with Crippen LogP contribution in [-0.2, 0) is 0 Å². The van der Waals surface area contributed by atoms with Crippen LogP contribution in [0.5, 0.6) is 0 Å². The Kier molecular flexibility index (Phi) is 10.3. The fourth-order valence-corrected chi connectivity index (χ4v) is 4.72. The zero-order valence-electron chi connectivity index (χ0n) is 15.4. The van der Waals surface area contributed by atoms with E-state index in [4.69, 9.17) is 0 Å². The maximum absolute atomic E-state index is 10.7. The quantitative estimate of drug-likeness (QED) is 0.289. The van der Waals surface area contributed by atoms with Crippen LogP contribution in [0.3, 0.4) is 0 Å². The van der Waals surface area contributed by atoms with Gasteiger partial charge in [-0.1, -0.05) is 13.8 Å². The van der Waals surface area contributed by atoms with E-state index in [9.17, 15) is 5.11 Å². The van der Waals surface area contributed by atoms with Gasteiger partial charge < -0.3 is 15.7 Å². The largest absolute Gasteiger partial charge is 0.387 e. The van der Waals surface area contributed by atoms with E-state index in [0.29, 0.717) is 17.8 Å². The van der Waals surface area contributed by atoms with Crippen LogP contribution in [0.2, 0.25) is 0 Å². The SMILES string of the molecule is CCNC(=NCC1(O)CCC1SCC)NCC1CCCN1CC.I. The highest BCUT2D eigenvalue weighted by Gasteiger charge is 2.45. The first-order chi connectivity index (χ1) is 11.1. The zero-order chi connectivity index (χ0) is 16.7. The van der Waals surface area contributed by atoms with Crippen LogP contribution >= 0.6 is 35.7 Å². The molecule has 0 spiro atoms. The number of thioether (sulfide) groups is 1. The highest BCUT2D eigenvalue weighted by atomic mass is 127. The summed E-state index contributed by atoms with van der Waals surface area (Å²) in [6.45, 7) is 11.1. The molecule has 0 aromatic heterocycles. The molecule has 1 heterocycles. The van der Waals surface area contributed by atoms with Crippen LogP contribution in [0.25, 0.3) is 0 Å². The number of aliphatic hydroxyl groups is 1. The smallest absolute Gasteiger partial charge is 0.191 e. The van der Waals surface area contributed by atoms with Crippen molar-refractivity contribution >= 4 is 41.7 Å². The maximum atomic E-state index is 10.7. The molecule has 0 radical (unpaired) electrons. The number of hydrogen-bond acceptors (Lipinski definition) is 4. The van der Waals surface area contributed by atoms with Crippen molar-refractivity contribution in [2.24, 2.45) is 4.99 Å². The first-order valence-electron chi connectivity index (χ1n) is 9.23. The van der Waals surface area contributed by atoms with Gasteiger partial charge in [0.25, 0.3) is 0 Å². The van der Waals surface area contributed by atoms with Crippen molar-refractivity contribution in [1.82, 2.24) is 15.5 Å². The summed E-state index contributed by atoms with van der Waals surface area (Å²) in [6, 6.07) is 0.610.